The molecule has 1 amide bonds. The van der Waals surface area contributed by atoms with E-state index in [-0.39, 0.29) is 17.3 Å². The Balaban J connectivity index is 1.36. The van der Waals surface area contributed by atoms with Gasteiger partial charge in [-0.15, -0.1) is 0 Å². The number of hydrogen-bond acceptors (Lipinski definition) is 4. The van der Waals surface area contributed by atoms with Gasteiger partial charge < -0.3 is 10.2 Å². The van der Waals surface area contributed by atoms with Crippen molar-refractivity contribution in [3.8, 4) is 0 Å². The lowest BCUT2D eigenvalue weighted by atomic mass is 9.83. The predicted octanol–water partition coefficient (Wildman–Crippen LogP) is 2.78. The third kappa shape index (κ3) is 5.92. The van der Waals surface area contributed by atoms with Gasteiger partial charge in [-0.1, -0.05) is 18.0 Å². The number of sulfonamides is 1. The molecule has 1 aromatic rings. The number of amides is 1. The monoisotopic (exact) mass is 427 g/mol. The van der Waals surface area contributed by atoms with Crippen molar-refractivity contribution in [3.63, 3.8) is 0 Å². The fourth-order valence-corrected chi connectivity index (χ4v) is 5.50. The van der Waals surface area contributed by atoms with Crippen LogP contribution in [0.3, 0.4) is 0 Å². The van der Waals surface area contributed by atoms with E-state index in [1.807, 2.05) is 0 Å². The summed E-state index contributed by atoms with van der Waals surface area (Å²) < 4.78 is 26.9. The number of halogens is 1. The van der Waals surface area contributed by atoms with Gasteiger partial charge in [0.25, 0.3) is 0 Å². The Morgan fingerprint density at radius 3 is 2.64 bits per heavy atom. The Bertz CT molecular complexity index is 752. The van der Waals surface area contributed by atoms with Crippen LogP contribution in [0.5, 0.6) is 0 Å². The second kappa shape index (κ2) is 10.1. The zero-order valence-electron chi connectivity index (χ0n) is 16.2. The Morgan fingerprint density at radius 1 is 1.11 bits per heavy atom. The molecular weight excluding hydrogens is 398 g/mol. The molecule has 0 radical (unpaired) electrons. The first kappa shape index (κ1) is 21.6. The van der Waals surface area contributed by atoms with E-state index in [2.05, 4.69) is 14.9 Å². The second-order valence-electron chi connectivity index (χ2n) is 7.76. The molecule has 3 rings (SSSR count). The maximum atomic E-state index is 12.2. The standard InChI is InChI=1S/C20H30ClN3O3S/c21-17-8-10-18(11-9-17)28(26,27)23-12-3-7-20(25)22-15-16-5-4-14-24-13-2-1-6-19(16)24/h8-11,16,19,23H,1-7,12-15H2,(H,22,25)/t16-,19-/m1/s1. The largest absolute Gasteiger partial charge is 0.356 e. The van der Waals surface area contributed by atoms with Crippen LogP contribution in [0.4, 0.5) is 0 Å². The molecule has 0 aromatic heterocycles. The van der Waals surface area contributed by atoms with E-state index >= 15 is 0 Å². The molecule has 0 unspecified atom stereocenters. The third-order valence-corrected chi connectivity index (χ3v) is 7.52. The minimum atomic E-state index is -3.56. The molecule has 156 valence electrons. The molecule has 2 aliphatic rings. The molecule has 2 heterocycles. The summed E-state index contributed by atoms with van der Waals surface area (Å²) in [4.78, 5) is 14.9. The van der Waals surface area contributed by atoms with Crippen LogP contribution in [0, 0.1) is 5.92 Å². The number of carbonyl (C=O) groups is 1. The van der Waals surface area contributed by atoms with Crippen LogP contribution in [0.25, 0.3) is 0 Å². The minimum Gasteiger partial charge on any atom is -0.356 e. The Hall–Kier alpha value is -1.15. The van der Waals surface area contributed by atoms with Crippen molar-refractivity contribution in [1.82, 2.24) is 14.9 Å². The summed E-state index contributed by atoms with van der Waals surface area (Å²) in [5.74, 6) is 0.542. The normalized spacial score (nSPS) is 23.2. The van der Waals surface area contributed by atoms with E-state index in [0.29, 0.717) is 29.8 Å². The average molecular weight is 428 g/mol. The Labute approximate surface area is 173 Å². The summed E-state index contributed by atoms with van der Waals surface area (Å²) in [6.07, 6.45) is 7.02. The summed E-state index contributed by atoms with van der Waals surface area (Å²) in [5, 5.41) is 3.55. The topological polar surface area (TPSA) is 78.5 Å². The van der Waals surface area contributed by atoms with Gasteiger partial charge in [0.1, 0.15) is 0 Å². The van der Waals surface area contributed by atoms with Crippen molar-refractivity contribution in [2.24, 2.45) is 5.92 Å². The fraction of sp³-hybridized carbons (Fsp3) is 0.650. The summed E-state index contributed by atoms with van der Waals surface area (Å²) >= 11 is 5.78. The maximum Gasteiger partial charge on any atom is 0.240 e. The molecule has 8 heteroatoms. The zero-order valence-corrected chi connectivity index (χ0v) is 17.8. The molecule has 6 nitrogen and oxygen atoms in total. The highest BCUT2D eigenvalue weighted by molar-refractivity contribution is 7.89. The summed E-state index contributed by atoms with van der Waals surface area (Å²) in [6.45, 7) is 3.36. The lowest BCUT2D eigenvalue weighted by molar-refractivity contribution is -0.121. The summed E-state index contributed by atoms with van der Waals surface area (Å²) in [7, 11) is -3.56. The number of piperidine rings is 2. The molecule has 0 bridgehead atoms. The lowest BCUT2D eigenvalue weighted by Crippen LogP contribution is -2.51. The molecule has 28 heavy (non-hydrogen) atoms. The third-order valence-electron chi connectivity index (χ3n) is 5.79. The quantitative estimate of drug-likeness (QED) is 0.625. The molecule has 2 saturated heterocycles. The van der Waals surface area contributed by atoms with Crippen molar-refractivity contribution in [2.45, 2.75) is 55.9 Å². The van der Waals surface area contributed by atoms with Gasteiger partial charge in [-0.05, 0) is 75.4 Å². The summed E-state index contributed by atoms with van der Waals surface area (Å²) in [6, 6.07) is 6.64. The highest BCUT2D eigenvalue weighted by atomic mass is 35.5. The zero-order chi connectivity index (χ0) is 20.0. The predicted molar refractivity (Wildman–Crippen MR) is 111 cm³/mol. The van der Waals surface area contributed by atoms with Gasteiger partial charge in [-0.25, -0.2) is 13.1 Å². The van der Waals surface area contributed by atoms with E-state index < -0.39 is 10.0 Å². The number of nitrogens with one attached hydrogen (secondary N) is 2. The molecule has 2 atom stereocenters. The number of nitrogens with zero attached hydrogens (tertiary/aromatic N) is 1. The van der Waals surface area contributed by atoms with Gasteiger partial charge in [0.05, 0.1) is 4.90 Å². The smallest absolute Gasteiger partial charge is 0.240 e. The van der Waals surface area contributed by atoms with Gasteiger partial charge >= 0.3 is 0 Å². The van der Waals surface area contributed by atoms with Gasteiger partial charge in [0.15, 0.2) is 0 Å². The summed E-state index contributed by atoms with van der Waals surface area (Å²) in [5.41, 5.74) is 0. The van der Waals surface area contributed by atoms with Crippen LogP contribution < -0.4 is 10.0 Å². The highest BCUT2D eigenvalue weighted by Gasteiger charge is 2.32. The molecule has 0 aliphatic carbocycles. The first-order chi connectivity index (χ1) is 13.5. The van der Waals surface area contributed by atoms with Crippen LogP contribution in [-0.4, -0.2) is 51.4 Å². The van der Waals surface area contributed by atoms with E-state index in [1.54, 1.807) is 12.1 Å². The fourth-order valence-electron chi connectivity index (χ4n) is 4.30. The molecule has 0 spiro atoms. The maximum absolute atomic E-state index is 12.2. The number of benzene rings is 1. The minimum absolute atomic E-state index is 0.00127. The number of carbonyl (C=O) groups excluding carboxylic acids is 1. The molecule has 2 N–H and O–H groups in total. The molecule has 2 aliphatic heterocycles. The molecule has 1 aromatic carbocycles. The number of hydrogen-bond donors (Lipinski definition) is 2. The molecular formula is C20H30ClN3O3S. The van der Waals surface area contributed by atoms with Crippen molar-refractivity contribution in [1.29, 1.82) is 0 Å². The van der Waals surface area contributed by atoms with E-state index in [1.165, 1.54) is 57.3 Å². The van der Waals surface area contributed by atoms with Gasteiger partial charge in [0, 0.05) is 30.6 Å². The number of fused-ring (bicyclic) bond motifs is 1. The Morgan fingerprint density at radius 2 is 1.86 bits per heavy atom. The average Bonchev–Trinajstić information content (AvgIpc) is 2.70. The van der Waals surface area contributed by atoms with Crippen molar-refractivity contribution in [2.75, 3.05) is 26.2 Å². The lowest BCUT2D eigenvalue weighted by Gasteiger charge is -2.44. The molecule has 2 fully saturated rings. The van der Waals surface area contributed by atoms with E-state index in [0.717, 1.165) is 6.54 Å². The van der Waals surface area contributed by atoms with Crippen LogP contribution in [0.2, 0.25) is 5.02 Å². The Kier molecular flexibility index (Phi) is 7.74. The van der Waals surface area contributed by atoms with E-state index in [9.17, 15) is 13.2 Å². The van der Waals surface area contributed by atoms with Crippen molar-refractivity contribution in [3.05, 3.63) is 29.3 Å². The van der Waals surface area contributed by atoms with Crippen LogP contribution in [-0.2, 0) is 14.8 Å². The number of rotatable bonds is 8. The van der Waals surface area contributed by atoms with Gasteiger partial charge in [0.2, 0.25) is 15.9 Å². The van der Waals surface area contributed by atoms with Gasteiger partial charge in [-0.2, -0.15) is 0 Å². The second-order valence-corrected chi connectivity index (χ2v) is 9.96. The van der Waals surface area contributed by atoms with Crippen LogP contribution in [0.15, 0.2) is 29.2 Å². The van der Waals surface area contributed by atoms with Crippen molar-refractivity contribution < 1.29 is 13.2 Å². The highest BCUT2D eigenvalue weighted by Crippen LogP contribution is 2.30. The molecule has 0 saturated carbocycles. The first-order valence-electron chi connectivity index (χ1n) is 10.2. The SMILES string of the molecule is O=C(CCCNS(=O)(=O)c1ccc(Cl)cc1)NC[C@H]1CCCN2CCCC[C@H]12. The first-order valence-corrected chi connectivity index (χ1v) is 12.1. The van der Waals surface area contributed by atoms with Crippen molar-refractivity contribution >= 4 is 27.5 Å². The van der Waals surface area contributed by atoms with Gasteiger partial charge in [-0.3, -0.25) is 4.79 Å². The van der Waals surface area contributed by atoms with Crippen LogP contribution >= 0.6 is 11.6 Å². The van der Waals surface area contributed by atoms with E-state index in [4.69, 9.17) is 11.6 Å². The van der Waals surface area contributed by atoms with Crippen LogP contribution in [0.1, 0.15) is 44.9 Å².